The maximum atomic E-state index is 6.09. The third kappa shape index (κ3) is 1.81. The Hall–Kier alpha value is -1.08. The molecule has 0 amide bonds. The van der Waals surface area contributed by atoms with Crippen LogP contribution in [0.1, 0.15) is 23.6 Å². The van der Waals surface area contributed by atoms with E-state index >= 15 is 0 Å². The molecule has 0 fully saturated rings. The third-order valence-corrected chi connectivity index (χ3v) is 2.61. The van der Waals surface area contributed by atoms with Crippen molar-refractivity contribution in [1.29, 1.82) is 0 Å². The molecule has 1 atom stereocenters. The second-order valence-corrected chi connectivity index (χ2v) is 3.73. The summed E-state index contributed by atoms with van der Waals surface area (Å²) in [7, 11) is 0. The van der Waals surface area contributed by atoms with Gasteiger partial charge in [-0.2, -0.15) is 0 Å². The second kappa shape index (κ2) is 3.35. The minimum Gasteiger partial charge on any atom is -0.318 e. The summed E-state index contributed by atoms with van der Waals surface area (Å²) in [5.74, 6) is 0. The topological polar surface area (TPSA) is 26.0 Å². The number of benzene rings is 1. The molecule has 0 bridgehead atoms. The molecule has 1 aromatic rings. The first-order valence-corrected chi connectivity index (χ1v) is 4.48. The van der Waals surface area contributed by atoms with Crippen LogP contribution in [-0.4, -0.2) is 0 Å². The number of aryl methyl sites for hydroxylation is 1. The van der Waals surface area contributed by atoms with Crippen molar-refractivity contribution in [2.24, 2.45) is 5.73 Å². The van der Waals surface area contributed by atoms with Gasteiger partial charge in [-0.25, -0.2) is 0 Å². The fourth-order valence-corrected chi connectivity index (χ4v) is 1.44. The fraction of sp³-hybridized carbons (Fsp3) is 0.333. The molecule has 0 aliphatic heterocycles. The Labute approximate surface area is 80.3 Å². The monoisotopic (exact) mass is 175 g/mol. The van der Waals surface area contributed by atoms with Crippen molar-refractivity contribution < 1.29 is 0 Å². The van der Waals surface area contributed by atoms with Gasteiger partial charge in [0, 0.05) is 0 Å². The van der Waals surface area contributed by atoms with Crippen LogP contribution in [0.2, 0.25) is 0 Å². The van der Waals surface area contributed by atoms with Crippen LogP contribution in [0.3, 0.4) is 0 Å². The summed E-state index contributed by atoms with van der Waals surface area (Å²) < 4.78 is 0. The normalized spacial score (nSPS) is 15.1. The van der Waals surface area contributed by atoms with E-state index in [2.05, 4.69) is 32.6 Å². The molecule has 1 rings (SSSR count). The smallest absolute Gasteiger partial charge is 0.0566 e. The Balaban J connectivity index is 3.30. The van der Waals surface area contributed by atoms with Crippen LogP contribution >= 0.6 is 0 Å². The molecule has 0 aliphatic rings. The van der Waals surface area contributed by atoms with Crippen LogP contribution < -0.4 is 5.73 Å². The first-order valence-electron chi connectivity index (χ1n) is 4.48. The summed E-state index contributed by atoms with van der Waals surface area (Å²) in [6, 6.07) is 6.19. The lowest BCUT2D eigenvalue weighted by molar-refractivity contribution is 0.626. The van der Waals surface area contributed by atoms with E-state index in [1.165, 1.54) is 11.1 Å². The average Bonchev–Trinajstić information content (AvgIpc) is 2.09. The first kappa shape index (κ1) is 10.0. The molecule has 0 radical (unpaired) electrons. The molecule has 0 spiro atoms. The zero-order chi connectivity index (χ0) is 10.1. The predicted molar refractivity (Wildman–Crippen MR) is 57.7 cm³/mol. The van der Waals surface area contributed by atoms with E-state index < -0.39 is 5.54 Å². The maximum Gasteiger partial charge on any atom is 0.0566 e. The van der Waals surface area contributed by atoms with Gasteiger partial charge in [0.05, 0.1) is 5.54 Å². The Bertz CT molecular complexity index is 324. The van der Waals surface area contributed by atoms with Gasteiger partial charge >= 0.3 is 0 Å². The highest BCUT2D eigenvalue weighted by molar-refractivity contribution is 5.39. The third-order valence-electron chi connectivity index (χ3n) is 2.61. The molecule has 0 heterocycles. The largest absolute Gasteiger partial charge is 0.318 e. The number of nitrogens with two attached hydrogens (primary N) is 1. The average molecular weight is 175 g/mol. The molecular formula is C12H17N. The van der Waals surface area contributed by atoms with Gasteiger partial charge in [0.25, 0.3) is 0 Å². The summed E-state index contributed by atoms with van der Waals surface area (Å²) >= 11 is 0. The van der Waals surface area contributed by atoms with Crippen LogP contribution in [0.5, 0.6) is 0 Å². The molecule has 0 saturated carbocycles. The van der Waals surface area contributed by atoms with Gasteiger partial charge in [-0.15, -0.1) is 6.58 Å². The molecule has 0 aliphatic carbocycles. The molecule has 2 N–H and O–H groups in total. The van der Waals surface area contributed by atoms with Crippen molar-refractivity contribution in [3.8, 4) is 0 Å². The van der Waals surface area contributed by atoms with E-state index in [1.807, 2.05) is 13.0 Å². The van der Waals surface area contributed by atoms with Gasteiger partial charge in [-0.1, -0.05) is 24.3 Å². The SMILES string of the molecule is C=CC(C)(N)c1cccc(C)c1C. The van der Waals surface area contributed by atoms with Gasteiger partial charge in [0.1, 0.15) is 0 Å². The predicted octanol–water partition coefficient (Wildman–Crippen LogP) is 2.66. The van der Waals surface area contributed by atoms with Crippen molar-refractivity contribution in [3.05, 3.63) is 47.5 Å². The lowest BCUT2D eigenvalue weighted by Crippen LogP contribution is -2.31. The summed E-state index contributed by atoms with van der Waals surface area (Å²) in [6.45, 7) is 9.92. The fourth-order valence-electron chi connectivity index (χ4n) is 1.44. The molecule has 70 valence electrons. The van der Waals surface area contributed by atoms with Gasteiger partial charge in [0.15, 0.2) is 0 Å². The van der Waals surface area contributed by atoms with E-state index in [1.54, 1.807) is 6.08 Å². The highest BCUT2D eigenvalue weighted by atomic mass is 14.7. The number of rotatable bonds is 2. The standard InChI is InChI=1S/C12H17N/c1-5-12(4,13)11-8-6-7-9(2)10(11)3/h5-8H,1,13H2,2-4H3. The lowest BCUT2D eigenvalue weighted by atomic mass is 9.88. The van der Waals surface area contributed by atoms with Crippen molar-refractivity contribution in [3.63, 3.8) is 0 Å². The van der Waals surface area contributed by atoms with Gasteiger partial charge < -0.3 is 5.73 Å². The Morgan fingerprint density at radius 2 is 2.00 bits per heavy atom. The van der Waals surface area contributed by atoms with Crippen molar-refractivity contribution in [1.82, 2.24) is 0 Å². The van der Waals surface area contributed by atoms with Gasteiger partial charge in [-0.3, -0.25) is 0 Å². The molecule has 13 heavy (non-hydrogen) atoms. The zero-order valence-corrected chi connectivity index (χ0v) is 8.59. The minimum atomic E-state index is -0.421. The highest BCUT2D eigenvalue weighted by Gasteiger charge is 2.18. The van der Waals surface area contributed by atoms with Crippen LogP contribution in [0.4, 0.5) is 0 Å². The van der Waals surface area contributed by atoms with Crippen LogP contribution in [0.25, 0.3) is 0 Å². The number of hydrogen-bond donors (Lipinski definition) is 1. The highest BCUT2D eigenvalue weighted by Crippen LogP contribution is 2.24. The zero-order valence-electron chi connectivity index (χ0n) is 8.59. The van der Waals surface area contributed by atoms with Crippen LogP contribution in [0.15, 0.2) is 30.9 Å². The molecule has 1 unspecified atom stereocenters. The maximum absolute atomic E-state index is 6.09. The second-order valence-electron chi connectivity index (χ2n) is 3.73. The van der Waals surface area contributed by atoms with Crippen LogP contribution in [-0.2, 0) is 5.54 Å². The summed E-state index contributed by atoms with van der Waals surface area (Å²) in [5, 5.41) is 0. The molecular weight excluding hydrogens is 158 g/mol. The molecule has 0 saturated heterocycles. The molecule has 0 aromatic heterocycles. The lowest BCUT2D eigenvalue weighted by Gasteiger charge is -2.23. The first-order chi connectivity index (χ1) is 5.99. The molecule has 1 nitrogen and oxygen atoms in total. The van der Waals surface area contributed by atoms with E-state index in [0.717, 1.165) is 5.56 Å². The Morgan fingerprint density at radius 1 is 1.38 bits per heavy atom. The Kier molecular flexibility index (Phi) is 2.58. The molecule has 1 aromatic carbocycles. The number of hydrogen-bond acceptors (Lipinski definition) is 1. The summed E-state index contributed by atoms with van der Waals surface area (Å²) in [5.41, 5.74) is 9.35. The summed E-state index contributed by atoms with van der Waals surface area (Å²) in [6.07, 6.45) is 1.79. The van der Waals surface area contributed by atoms with E-state index in [-0.39, 0.29) is 0 Å². The van der Waals surface area contributed by atoms with Crippen LogP contribution in [0, 0.1) is 13.8 Å². The van der Waals surface area contributed by atoms with Gasteiger partial charge in [-0.05, 0) is 37.5 Å². The van der Waals surface area contributed by atoms with E-state index in [0.29, 0.717) is 0 Å². The van der Waals surface area contributed by atoms with E-state index in [4.69, 9.17) is 5.73 Å². The quantitative estimate of drug-likeness (QED) is 0.687. The van der Waals surface area contributed by atoms with Crippen molar-refractivity contribution >= 4 is 0 Å². The van der Waals surface area contributed by atoms with E-state index in [9.17, 15) is 0 Å². The minimum absolute atomic E-state index is 0.421. The van der Waals surface area contributed by atoms with Crippen molar-refractivity contribution in [2.45, 2.75) is 26.3 Å². The summed E-state index contributed by atoms with van der Waals surface area (Å²) in [4.78, 5) is 0. The Morgan fingerprint density at radius 3 is 2.54 bits per heavy atom. The van der Waals surface area contributed by atoms with Gasteiger partial charge in [0.2, 0.25) is 0 Å². The molecule has 1 heteroatoms. The van der Waals surface area contributed by atoms with Crippen molar-refractivity contribution in [2.75, 3.05) is 0 Å².